The van der Waals surface area contributed by atoms with E-state index in [-0.39, 0.29) is 0 Å². The third-order valence-corrected chi connectivity index (χ3v) is 3.48. The molecule has 1 aliphatic heterocycles. The van der Waals surface area contributed by atoms with Crippen LogP contribution in [0.2, 0.25) is 0 Å². The second-order valence-electron chi connectivity index (χ2n) is 4.65. The lowest BCUT2D eigenvalue weighted by Gasteiger charge is -2.38. The van der Waals surface area contributed by atoms with E-state index in [1.807, 2.05) is 0 Å². The van der Waals surface area contributed by atoms with E-state index in [1.54, 1.807) is 0 Å². The van der Waals surface area contributed by atoms with Gasteiger partial charge in [-0.05, 0) is 12.5 Å². The number of rotatable bonds is 3. The number of hydrogen-bond donors (Lipinski definition) is 1. The van der Waals surface area contributed by atoms with Gasteiger partial charge in [-0.25, -0.2) is 0 Å². The molecule has 0 saturated carbocycles. The van der Waals surface area contributed by atoms with E-state index in [9.17, 15) is 0 Å². The van der Waals surface area contributed by atoms with E-state index >= 15 is 0 Å². The second kappa shape index (κ2) is 4.33. The molecule has 0 saturated heterocycles. The highest BCUT2D eigenvalue weighted by molar-refractivity contribution is 5.51. The van der Waals surface area contributed by atoms with Gasteiger partial charge in [-0.15, -0.1) is 0 Å². The summed E-state index contributed by atoms with van der Waals surface area (Å²) in [4.78, 5) is 0. The van der Waals surface area contributed by atoms with Gasteiger partial charge in [-0.1, -0.05) is 18.2 Å². The Hall–Kier alpha value is -0.860. The monoisotopic (exact) mass is 206 g/mol. The van der Waals surface area contributed by atoms with Gasteiger partial charge in [0.15, 0.2) is 0 Å². The lowest BCUT2D eigenvalue weighted by atomic mass is 9.99. The lowest BCUT2D eigenvalue weighted by molar-refractivity contribution is 0.240. The molecule has 1 heterocycles. The molecule has 2 heteroatoms. The Balaban J connectivity index is 2.27. The zero-order valence-corrected chi connectivity index (χ0v) is 9.45. The fourth-order valence-electron chi connectivity index (χ4n) is 2.64. The van der Waals surface area contributed by atoms with Crippen LogP contribution in [-0.2, 0) is 6.42 Å². The summed E-state index contributed by atoms with van der Waals surface area (Å²) in [5, 5.41) is 8.95. The molecule has 0 radical (unpaired) electrons. The number of hydrogen-bond acceptors (Lipinski definition) is 1. The molecule has 0 aliphatic carbocycles. The Bertz CT molecular complexity index is 337. The van der Waals surface area contributed by atoms with Crippen molar-refractivity contribution in [3.8, 4) is 0 Å². The van der Waals surface area contributed by atoms with Crippen molar-refractivity contribution in [2.45, 2.75) is 19.3 Å². The summed E-state index contributed by atoms with van der Waals surface area (Å²) in [7, 11) is 2.29. The molecule has 0 spiro atoms. The number of para-hydroxylation sites is 1. The van der Waals surface area contributed by atoms with Gasteiger partial charge in [0.05, 0.1) is 20.1 Å². The Morgan fingerprint density at radius 2 is 2.13 bits per heavy atom. The lowest BCUT2D eigenvalue weighted by Crippen LogP contribution is -2.49. The number of aliphatic hydroxyl groups excluding tert-OH is 1. The maximum atomic E-state index is 8.95. The van der Waals surface area contributed by atoms with Gasteiger partial charge in [0.25, 0.3) is 0 Å². The Morgan fingerprint density at radius 3 is 2.93 bits per heavy atom. The number of aliphatic hydroxyl groups is 1. The molecule has 1 unspecified atom stereocenters. The average molecular weight is 206 g/mol. The molecule has 82 valence electrons. The SMILES string of the molecule is C[N+]1(CCCO)CCCc2ccccc21. The summed E-state index contributed by atoms with van der Waals surface area (Å²) in [6, 6.07) is 8.73. The fraction of sp³-hybridized carbons (Fsp3) is 0.538. The zero-order valence-electron chi connectivity index (χ0n) is 9.45. The number of aryl methyl sites for hydroxylation is 1. The molecule has 0 fully saturated rings. The number of nitrogens with zero attached hydrogens (tertiary/aromatic N) is 1. The van der Waals surface area contributed by atoms with E-state index in [1.165, 1.54) is 30.6 Å². The van der Waals surface area contributed by atoms with Crippen LogP contribution in [0, 0.1) is 0 Å². The second-order valence-corrected chi connectivity index (χ2v) is 4.65. The van der Waals surface area contributed by atoms with Gasteiger partial charge >= 0.3 is 0 Å². The maximum absolute atomic E-state index is 8.95. The highest BCUT2D eigenvalue weighted by atomic mass is 16.3. The minimum absolute atomic E-state index is 0.302. The summed E-state index contributed by atoms with van der Waals surface area (Å²) >= 11 is 0. The summed E-state index contributed by atoms with van der Waals surface area (Å²) < 4.78 is 0.997. The average Bonchev–Trinajstić information content (AvgIpc) is 2.27. The van der Waals surface area contributed by atoms with Gasteiger partial charge in [-0.3, -0.25) is 4.48 Å². The third-order valence-electron chi connectivity index (χ3n) is 3.48. The summed E-state index contributed by atoms with van der Waals surface area (Å²) in [6.45, 7) is 2.56. The van der Waals surface area contributed by atoms with Crippen LogP contribution in [0.15, 0.2) is 24.3 Å². The van der Waals surface area contributed by atoms with Crippen molar-refractivity contribution in [2.75, 3.05) is 26.7 Å². The molecule has 1 N–H and O–H groups in total. The van der Waals surface area contributed by atoms with Crippen LogP contribution in [0.4, 0.5) is 5.69 Å². The molecule has 15 heavy (non-hydrogen) atoms. The fourth-order valence-corrected chi connectivity index (χ4v) is 2.64. The Morgan fingerprint density at radius 1 is 1.33 bits per heavy atom. The van der Waals surface area contributed by atoms with Crippen LogP contribution < -0.4 is 4.48 Å². The first-order valence-corrected chi connectivity index (χ1v) is 5.80. The van der Waals surface area contributed by atoms with Gasteiger partial charge in [-0.2, -0.15) is 0 Å². The van der Waals surface area contributed by atoms with Crippen LogP contribution in [0.3, 0.4) is 0 Å². The molecule has 1 aromatic rings. The normalized spacial score (nSPS) is 24.9. The highest BCUT2D eigenvalue weighted by Crippen LogP contribution is 2.31. The largest absolute Gasteiger partial charge is 0.396 e. The van der Waals surface area contributed by atoms with Crippen LogP contribution >= 0.6 is 0 Å². The van der Waals surface area contributed by atoms with E-state index < -0.39 is 0 Å². The summed E-state index contributed by atoms with van der Waals surface area (Å²) in [5.41, 5.74) is 2.95. The van der Waals surface area contributed by atoms with Gasteiger partial charge in [0, 0.05) is 25.0 Å². The van der Waals surface area contributed by atoms with Crippen molar-refractivity contribution in [3.63, 3.8) is 0 Å². The van der Waals surface area contributed by atoms with Gasteiger partial charge in [0.2, 0.25) is 0 Å². The molecule has 0 aromatic heterocycles. The maximum Gasteiger partial charge on any atom is 0.135 e. The molecule has 2 rings (SSSR count). The predicted molar refractivity (Wildman–Crippen MR) is 63.9 cm³/mol. The molecule has 0 amide bonds. The van der Waals surface area contributed by atoms with E-state index in [0.717, 1.165) is 17.4 Å². The standard InChI is InChI=1S/C13H20NO/c1-14(10-5-11-15)9-4-7-12-6-2-3-8-13(12)14/h2-3,6,8,15H,4-5,7,9-11H2,1H3/q+1. The van der Waals surface area contributed by atoms with Crippen molar-refractivity contribution >= 4 is 5.69 Å². The third kappa shape index (κ3) is 2.06. The topological polar surface area (TPSA) is 20.2 Å². The molecule has 1 atom stereocenters. The molecule has 1 aliphatic rings. The number of fused-ring (bicyclic) bond motifs is 1. The molecule has 1 aromatic carbocycles. The number of benzene rings is 1. The quantitative estimate of drug-likeness (QED) is 0.749. The molecular weight excluding hydrogens is 186 g/mol. The van der Waals surface area contributed by atoms with Gasteiger partial charge in [0.1, 0.15) is 5.69 Å². The molecule has 2 nitrogen and oxygen atoms in total. The summed E-state index contributed by atoms with van der Waals surface area (Å²) in [6.07, 6.45) is 3.37. The van der Waals surface area contributed by atoms with E-state index in [4.69, 9.17) is 5.11 Å². The van der Waals surface area contributed by atoms with E-state index in [2.05, 4.69) is 31.3 Å². The Kier molecular flexibility index (Phi) is 3.08. The van der Waals surface area contributed by atoms with Crippen molar-refractivity contribution < 1.29 is 5.11 Å². The zero-order chi connectivity index (χ0) is 10.7. The number of quaternary nitrogens is 1. The van der Waals surface area contributed by atoms with Crippen molar-refractivity contribution in [2.24, 2.45) is 0 Å². The first-order chi connectivity index (χ1) is 7.26. The molecular formula is C13H20NO+. The van der Waals surface area contributed by atoms with Crippen molar-refractivity contribution in [1.29, 1.82) is 0 Å². The minimum atomic E-state index is 0.302. The van der Waals surface area contributed by atoms with Gasteiger partial charge < -0.3 is 5.11 Å². The van der Waals surface area contributed by atoms with Crippen molar-refractivity contribution in [1.82, 2.24) is 4.48 Å². The van der Waals surface area contributed by atoms with Crippen LogP contribution in [-0.4, -0.2) is 31.9 Å². The van der Waals surface area contributed by atoms with Crippen LogP contribution in [0.1, 0.15) is 18.4 Å². The van der Waals surface area contributed by atoms with E-state index in [0.29, 0.717) is 6.61 Å². The molecule has 0 bridgehead atoms. The van der Waals surface area contributed by atoms with Crippen LogP contribution in [0.25, 0.3) is 0 Å². The minimum Gasteiger partial charge on any atom is -0.396 e. The van der Waals surface area contributed by atoms with Crippen molar-refractivity contribution in [3.05, 3.63) is 29.8 Å². The first kappa shape index (κ1) is 10.7. The predicted octanol–water partition coefficient (Wildman–Crippen LogP) is 1.95. The smallest absolute Gasteiger partial charge is 0.135 e. The Labute approximate surface area is 91.7 Å². The van der Waals surface area contributed by atoms with Crippen LogP contribution in [0.5, 0.6) is 0 Å². The first-order valence-electron chi connectivity index (χ1n) is 5.80. The summed E-state index contributed by atoms with van der Waals surface area (Å²) in [5.74, 6) is 0. The highest BCUT2D eigenvalue weighted by Gasteiger charge is 2.30.